The second kappa shape index (κ2) is 8.33. The molecule has 3 N–H and O–H groups in total. The molecule has 0 atom stereocenters. The molecule has 28 heavy (non-hydrogen) atoms. The Labute approximate surface area is 168 Å². The summed E-state index contributed by atoms with van der Waals surface area (Å²) in [5, 5.41) is 5.88. The average molecular weight is 416 g/mol. The Balaban J connectivity index is 1.64. The van der Waals surface area contributed by atoms with Crippen LogP contribution in [0.4, 0.5) is 21.9 Å². The molecule has 8 heteroatoms. The van der Waals surface area contributed by atoms with Crippen LogP contribution < -0.4 is 15.4 Å². The number of hydrogen-bond acceptors (Lipinski definition) is 3. The minimum Gasteiger partial charge on any atom is -0.308 e. The predicted molar refractivity (Wildman–Crippen MR) is 113 cm³/mol. The van der Waals surface area contributed by atoms with Gasteiger partial charge in [0.1, 0.15) is 0 Å². The summed E-state index contributed by atoms with van der Waals surface area (Å²) in [6, 6.07) is 19.2. The minimum absolute atomic E-state index is 0.0759. The SMILES string of the molecule is Cc1ccc(NC(=O)Nc2ccc(S(=O)(=O)Nc3ccc(Cl)cc3)cc2)cc1. The molecule has 0 heterocycles. The molecule has 0 spiro atoms. The van der Waals surface area contributed by atoms with Crippen molar-refractivity contribution < 1.29 is 13.2 Å². The molecule has 0 aromatic heterocycles. The van der Waals surface area contributed by atoms with Crippen molar-refractivity contribution in [3.05, 3.63) is 83.4 Å². The Morgan fingerprint density at radius 2 is 1.21 bits per heavy atom. The normalized spacial score (nSPS) is 10.9. The standard InChI is InChI=1S/C20H18ClN3O3S/c1-14-2-6-16(7-3-14)22-20(25)23-17-10-12-19(13-11-17)28(26,27)24-18-8-4-15(21)5-9-18/h2-13,24H,1H3,(H2,22,23,25). The molecule has 144 valence electrons. The number of carbonyl (C=O) groups excluding carboxylic acids is 1. The fraction of sp³-hybridized carbons (Fsp3) is 0.0500. The van der Waals surface area contributed by atoms with Gasteiger partial charge in [0.05, 0.1) is 4.90 Å². The van der Waals surface area contributed by atoms with Crippen LogP contribution in [0.25, 0.3) is 0 Å². The Kier molecular flexibility index (Phi) is 5.87. The molecule has 0 aliphatic rings. The summed E-state index contributed by atoms with van der Waals surface area (Å²) in [5.41, 5.74) is 2.63. The largest absolute Gasteiger partial charge is 0.323 e. The van der Waals surface area contributed by atoms with Crippen LogP contribution in [0.15, 0.2) is 77.7 Å². The van der Waals surface area contributed by atoms with E-state index in [2.05, 4.69) is 15.4 Å². The first-order valence-electron chi connectivity index (χ1n) is 8.35. The number of aryl methyl sites for hydroxylation is 1. The van der Waals surface area contributed by atoms with Gasteiger partial charge < -0.3 is 10.6 Å². The molecule has 0 aliphatic carbocycles. The molecule has 3 aromatic rings. The number of urea groups is 1. The molecule has 0 saturated carbocycles. The zero-order valence-corrected chi connectivity index (χ0v) is 16.5. The van der Waals surface area contributed by atoms with Crippen LogP contribution in [-0.2, 0) is 10.0 Å². The summed E-state index contributed by atoms with van der Waals surface area (Å²) in [6.45, 7) is 1.96. The second-order valence-electron chi connectivity index (χ2n) is 6.08. The van der Waals surface area contributed by atoms with E-state index in [0.29, 0.717) is 22.1 Å². The maximum atomic E-state index is 12.4. The van der Waals surface area contributed by atoms with Crippen LogP contribution in [-0.4, -0.2) is 14.4 Å². The van der Waals surface area contributed by atoms with E-state index in [1.807, 2.05) is 19.1 Å². The summed E-state index contributed by atoms with van der Waals surface area (Å²) in [7, 11) is -3.75. The van der Waals surface area contributed by atoms with E-state index in [1.54, 1.807) is 36.4 Å². The van der Waals surface area contributed by atoms with E-state index < -0.39 is 16.1 Å². The molecule has 3 rings (SSSR count). The Morgan fingerprint density at radius 3 is 1.75 bits per heavy atom. The highest BCUT2D eigenvalue weighted by atomic mass is 35.5. The van der Waals surface area contributed by atoms with Gasteiger partial charge in [-0.05, 0) is 67.6 Å². The topological polar surface area (TPSA) is 87.3 Å². The monoisotopic (exact) mass is 415 g/mol. The van der Waals surface area contributed by atoms with Crippen molar-refractivity contribution in [2.24, 2.45) is 0 Å². The fourth-order valence-electron chi connectivity index (χ4n) is 2.38. The maximum Gasteiger partial charge on any atom is 0.323 e. The van der Waals surface area contributed by atoms with Crippen LogP contribution in [0.3, 0.4) is 0 Å². The van der Waals surface area contributed by atoms with Crippen LogP contribution in [0, 0.1) is 6.92 Å². The Morgan fingerprint density at radius 1 is 0.750 bits per heavy atom. The molecule has 0 unspecified atom stereocenters. The van der Waals surface area contributed by atoms with Crippen molar-refractivity contribution in [2.45, 2.75) is 11.8 Å². The first-order chi connectivity index (χ1) is 13.3. The lowest BCUT2D eigenvalue weighted by Crippen LogP contribution is -2.19. The highest BCUT2D eigenvalue weighted by molar-refractivity contribution is 7.92. The van der Waals surface area contributed by atoms with E-state index in [4.69, 9.17) is 11.6 Å². The zero-order chi connectivity index (χ0) is 20.1. The molecule has 6 nitrogen and oxygen atoms in total. The maximum absolute atomic E-state index is 12.4. The van der Waals surface area contributed by atoms with Crippen LogP contribution in [0.5, 0.6) is 0 Å². The molecule has 0 saturated heterocycles. The van der Waals surface area contributed by atoms with Gasteiger partial charge in [-0.2, -0.15) is 0 Å². The van der Waals surface area contributed by atoms with Crippen molar-refractivity contribution in [1.82, 2.24) is 0 Å². The van der Waals surface area contributed by atoms with Crippen molar-refractivity contribution in [3.8, 4) is 0 Å². The summed E-state index contributed by atoms with van der Waals surface area (Å²) in [5.74, 6) is 0. The third-order valence-corrected chi connectivity index (χ3v) is 5.48. The van der Waals surface area contributed by atoms with E-state index in [-0.39, 0.29) is 4.90 Å². The van der Waals surface area contributed by atoms with E-state index in [1.165, 1.54) is 24.3 Å². The quantitative estimate of drug-likeness (QED) is 0.542. The predicted octanol–water partition coefficient (Wildman–Crippen LogP) is 5.09. The average Bonchev–Trinajstić information content (AvgIpc) is 2.66. The molecule has 0 aliphatic heterocycles. The molecule has 3 aromatic carbocycles. The molecule has 2 amide bonds. The van der Waals surface area contributed by atoms with Gasteiger partial charge >= 0.3 is 6.03 Å². The minimum atomic E-state index is -3.75. The molecular formula is C20H18ClN3O3S. The van der Waals surface area contributed by atoms with Gasteiger partial charge in [0.15, 0.2) is 0 Å². The van der Waals surface area contributed by atoms with E-state index in [9.17, 15) is 13.2 Å². The van der Waals surface area contributed by atoms with Gasteiger partial charge in [0.25, 0.3) is 10.0 Å². The lowest BCUT2D eigenvalue weighted by molar-refractivity contribution is 0.262. The second-order valence-corrected chi connectivity index (χ2v) is 8.20. The Hall–Kier alpha value is -3.03. The van der Waals surface area contributed by atoms with Gasteiger partial charge in [-0.1, -0.05) is 29.3 Å². The third-order valence-electron chi connectivity index (χ3n) is 3.83. The van der Waals surface area contributed by atoms with Crippen LogP contribution in [0.2, 0.25) is 5.02 Å². The molecule has 0 radical (unpaired) electrons. The number of amides is 2. The highest BCUT2D eigenvalue weighted by Gasteiger charge is 2.14. The number of nitrogens with one attached hydrogen (secondary N) is 3. The number of carbonyl (C=O) groups is 1. The number of sulfonamides is 1. The van der Waals surface area contributed by atoms with Crippen LogP contribution in [0.1, 0.15) is 5.56 Å². The summed E-state index contributed by atoms with van der Waals surface area (Å²) in [6.07, 6.45) is 0. The highest BCUT2D eigenvalue weighted by Crippen LogP contribution is 2.20. The molecule has 0 bridgehead atoms. The van der Waals surface area contributed by atoms with Gasteiger partial charge in [-0.3, -0.25) is 4.72 Å². The van der Waals surface area contributed by atoms with Crippen molar-refractivity contribution >= 4 is 44.7 Å². The summed E-state index contributed by atoms with van der Waals surface area (Å²) < 4.78 is 27.4. The summed E-state index contributed by atoms with van der Waals surface area (Å²) in [4.78, 5) is 12.1. The summed E-state index contributed by atoms with van der Waals surface area (Å²) >= 11 is 5.80. The lowest BCUT2D eigenvalue weighted by atomic mass is 10.2. The number of rotatable bonds is 5. The molecular weight excluding hydrogens is 398 g/mol. The van der Waals surface area contributed by atoms with Crippen molar-refractivity contribution in [3.63, 3.8) is 0 Å². The first kappa shape index (κ1) is 19.7. The number of anilines is 3. The number of benzene rings is 3. The smallest absolute Gasteiger partial charge is 0.308 e. The van der Waals surface area contributed by atoms with Crippen molar-refractivity contribution in [2.75, 3.05) is 15.4 Å². The van der Waals surface area contributed by atoms with Gasteiger partial charge in [0.2, 0.25) is 0 Å². The number of halogens is 1. The number of hydrogen-bond donors (Lipinski definition) is 3. The van der Waals surface area contributed by atoms with Gasteiger partial charge in [-0.25, -0.2) is 13.2 Å². The fourth-order valence-corrected chi connectivity index (χ4v) is 3.56. The first-order valence-corrected chi connectivity index (χ1v) is 10.2. The zero-order valence-electron chi connectivity index (χ0n) is 14.9. The third kappa shape index (κ3) is 5.25. The lowest BCUT2D eigenvalue weighted by Gasteiger charge is -2.10. The molecule has 0 fully saturated rings. The van der Waals surface area contributed by atoms with Gasteiger partial charge in [0, 0.05) is 22.1 Å². The van der Waals surface area contributed by atoms with Gasteiger partial charge in [-0.15, -0.1) is 0 Å². The van der Waals surface area contributed by atoms with Crippen LogP contribution >= 0.6 is 11.6 Å². The van der Waals surface area contributed by atoms with Crippen molar-refractivity contribution in [1.29, 1.82) is 0 Å². The Bertz CT molecular complexity index is 1070. The van der Waals surface area contributed by atoms with E-state index in [0.717, 1.165) is 5.56 Å². The van der Waals surface area contributed by atoms with E-state index >= 15 is 0 Å².